The van der Waals surface area contributed by atoms with E-state index >= 15 is 0 Å². The number of nitrogens with two attached hydrogens (primary N) is 1. The van der Waals surface area contributed by atoms with Crippen LogP contribution in [0.2, 0.25) is 0 Å². The summed E-state index contributed by atoms with van der Waals surface area (Å²) in [5.41, 5.74) is 1.29. The van der Waals surface area contributed by atoms with Crippen molar-refractivity contribution in [2.45, 2.75) is 46.3 Å². The Balaban J connectivity index is 2.06. The second-order valence-electron chi connectivity index (χ2n) is 6.87. The van der Waals surface area contributed by atoms with Crippen LogP contribution < -0.4 is 20.6 Å². The van der Waals surface area contributed by atoms with Crippen molar-refractivity contribution in [3.63, 3.8) is 0 Å². The predicted octanol–water partition coefficient (Wildman–Crippen LogP) is 0.567. The summed E-state index contributed by atoms with van der Waals surface area (Å²) < 4.78 is 10.5. The van der Waals surface area contributed by atoms with Crippen molar-refractivity contribution >= 4 is 11.0 Å². The Bertz CT molecular complexity index is 714. The van der Waals surface area contributed by atoms with Gasteiger partial charge in [-0.2, -0.15) is 0 Å². The number of methoxy groups -OCH3 is 1. The molecule has 2 rings (SSSR count). The van der Waals surface area contributed by atoms with Crippen molar-refractivity contribution < 1.29 is 19.4 Å². The minimum Gasteiger partial charge on any atom is -0.497 e. The highest BCUT2D eigenvalue weighted by molar-refractivity contribution is 5.81. The second kappa shape index (κ2) is 8.31. The summed E-state index contributed by atoms with van der Waals surface area (Å²) in [6.45, 7) is 12.0. The smallest absolute Gasteiger partial charge is 0.336 e. The average Bonchev–Trinajstić information content (AvgIpc) is 2.52. The third-order valence-electron chi connectivity index (χ3n) is 4.52. The molecule has 5 nitrogen and oxygen atoms in total. The lowest BCUT2D eigenvalue weighted by atomic mass is 10.1. The fourth-order valence-electron chi connectivity index (χ4n) is 3.28. The molecule has 0 fully saturated rings. The summed E-state index contributed by atoms with van der Waals surface area (Å²) in [5.74, 6) is 0.694. The van der Waals surface area contributed by atoms with Crippen LogP contribution in [0.25, 0.3) is 11.0 Å². The van der Waals surface area contributed by atoms with Gasteiger partial charge in [-0.1, -0.05) is 0 Å². The lowest BCUT2D eigenvalue weighted by Crippen LogP contribution is -3.19. The number of benzene rings is 1. The molecule has 0 aliphatic carbocycles. The first kappa shape index (κ1) is 18.5. The number of hydrogen-bond acceptors (Lipinski definition) is 3. The minimum absolute atomic E-state index is 0.309. The molecule has 0 aliphatic rings. The molecule has 0 saturated carbocycles. The Kier molecular flexibility index (Phi) is 6.40. The molecule has 0 saturated heterocycles. The topological polar surface area (TPSA) is 60.5 Å². The maximum Gasteiger partial charge on any atom is 0.336 e. The largest absolute Gasteiger partial charge is 0.497 e. The van der Waals surface area contributed by atoms with Gasteiger partial charge in [-0.05, 0) is 39.8 Å². The summed E-state index contributed by atoms with van der Waals surface area (Å²) in [7, 11) is 1.61. The molecule has 0 atom stereocenters. The zero-order chi connectivity index (χ0) is 17.7. The molecule has 1 aromatic heterocycles. The Morgan fingerprint density at radius 3 is 2.50 bits per heavy atom. The number of rotatable bonds is 8. The molecule has 24 heavy (non-hydrogen) atoms. The van der Waals surface area contributed by atoms with Gasteiger partial charge in [-0.25, -0.2) is 4.79 Å². The minimum atomic E-state index is -0.309. The molecule has 0 aliphatic heterocycles. The second-order valence-corrected chi connectivity index (χ2v) is 6.87. The Hall–Kier alpha value is -1.85. The molecule has 1 heterocycles. The van der Waals surface area contributed by atoms with E-state index in [1.165, 1.54) is 0 Å². The van der Waals surface area contributed by atoms with Gasteiger partial charge in [0.25, 0.3) is 0 Å². The normalized spacial score (nSPS) is 11.8. The molecular weight excluding hydrogens is 304 g/mol. The molecule has 0 bridgehead atoms. The maximum absolute atomic E-state index is 11.8. The van der Waals surface area contributed by atoms with Gasteiger partial charge in [0.05, 0.1) is 19.2 Å². The highest BCUT2D eigenvalue weighted by atomic mass is 16.5. The lowest BCUT2D eigenvalue weighted by molar-refractivity contribution is -0.952. The van der Waals surface area contributed by atoms with Crippen LogP contribution in [0.3, 0.4) is 0 Å². The standard InChI is InChI=1S/C19H28N2O3/c1-13(2)21(14(3)4)9-8-20-12-15-10-19(22)24-18-11-16(23-5)6-7-17(15)18/h6-7,10-11,13-14,20H,8-9,12H2,1-5H3/p+2. The van der Waals surface area contributed by atoms with Crippen LogP contribution in [0.5, 0.6) is 5.75 Å². The van der Waals surface area contributed by atoms with Crippen molar-refractivity contribution in [2.24, 2.45) is 0 Å². The molecule has 0 amide bonds. The van der Waals surface area contributed by atoms with Crippen LogP contribution in [0, 0.1) is 0 Å². The summed E-state index contributed by atoms with van der Waals surface area (Å²) in [4.78, 5) is 13.4. The van der Waals surface area contributed by atoms with E-state index in [0.29, 0.717) is 23.4 Å². The highest BCUT2D eigenvalue weighted by Crippen LogP contribution is 2.21. The SMILES string of the molecule is COc1ccc2c(C[NH2+]CC[NH+](C(C)C)C(C)C)cc(=O)oc2c1. The third-order valence-corrected chi connectivity index (χ3v) is 4.52. The fraction of sp³-hybridized carbons (Fsp3) is 0.526. The summed E-state index contributed by atoms with van der Waals surface area (Å²) in [6, 6.07) is 8.46. The first-order valence-corrected chi connectivity index (χ1v) is 8.70. The van der Waals surface area contributed by atoms with Crippen LogP contribution >= 0.6 is 0 Å². The van der Waals surface area contributed by atoms with Crippen molar-refractivity contribution in [3.05, 3.63) is 40.2 Å². The average molecular weight is 334 g/mol. The predicted molar refractivity (Wildman–Crippen MR) is 95.6 cm³/mol. The molecule has 0 spiro atoms. The van der Waals surface area contributed by atoms with Crippen LogP contribution in [0.15, 0.2) is 33.5 Å². The van der Waals surface area contributed by atoms with Gasteiger partial charge in [0, 0.05) is 23.1 Å². The van der Waals surface area contributed by atoms with Gasteiger partial charge in [-0.3, -0.25) is 0 Å². The Labute approximate surface area is 143 Å². The molecule has 5 heteroatoms. The molecule has 132 valence electrons. The number of hydrogen-bond donors (Lipinski definition) is 2. The fourth-order valence-corrected chi connectivity index (χ4v) is 3.28. The Morgan fingerprint density at radius 1 is 1.17 bits per heavy atom. The van der Waals surface area contributed by atoms with E-state index in [-0.39, 0.29) is 5.63 Å². The summed E-state index contributed by atoms with van der Waals surface area (Å²) >= 11 is 0. The zero-order valence-corrected chi connectivity index (χ0v) is 15.4. The quantitative estimate of drug-likeness (QED) is 0.548. The zero-order valence-electron chi connectivity index (χ0n) is 15.4. The van der Waals surface area contributed by atoms with Gasteiger partial charge in [0.15, 0.2) is 0 Å². The molecular formula is C19H30N2O3+2. The van der Waals surface area contributed by atoms with Crippen LogP contribution in [-0.2, 0) is 6.54 Å². The lowest BCUT2D eigenvalue weighted by Gasteiger charge is -2.26. The molecule has 0 unspecified atom stereocenters. The van der Waals surface area contributed by atoms with Gasteiger partial charge in [0.1, 0.15) is 31.0 Å². The Morgan fingerprint density at radius 2 is 1.88 bits per heavy atom. The number of quaternary nitrogens is 2. The van der Waals surface area contributed by atoms with E-state index in [2.05, 4.69) is 33.0 Å². The number of nitrogens with one attached hydrogen (secondary N) is 1. The number of fused-ring (bicyclic) bond motifs is 1. The van der Waals surface area contributed by atoms with E-state index in [0.717, 1.165) is 30.6 Å². The molecule has 2 aromatic rings. The first-order valence-electron chi connectivity index (χ1n) is 8.70. The van der Waals surface area contributed by atoms with Crippen LogP contribution in [0.1, 0.15) is 33.3 Å². The van der Waals surface area contributed by atoms with Crippen molar-refractivity contribution in [1.82, 2.24) is 0 Å². The molecule has 0 radical (unpaired) electrons. The summed E-state index contributed by atoms with van der Waals surface area (Å²) in [5, 5.41) is 3.24. The van der Waals surface area contributed by atoms with Crippen molar-refractivity contribution in [1.29, 1.82) is 0 Å². The third kappa shape index (κ3) is 4.58. The molecule has 1 aromatic carbocycles. The monoisotopic (exact) mass is 334 g/mol. The maximum atomic E-state index is 11.8. The van der Waals surface area contributed by atoms with E-state index in [1.807, 2.05) is 12.1 Å². The van der Waals surface area contributed by atoms with E-state index < -0.39 is 0 Å². The molecule has 3 N–H and O–H groups in total. The van der Waals surface area contributed by atoms with E-state index in [9.17, 15) is 4.79 Å². The van der Waals surface area contributed by atoms with E-state index in [4.69, 9.17) is 9.15 Å². The van der Waals surface area contributed by atoms with Crippen molar-refractivity contribution in [3.8, 4) is 5.75 Å². The highest BCUT2D eigenvalue weighted by Gasteiger charge is 2.17. The van der Waals surface area contributed by atoms with Gasteiger partial charge in [-0.15, -0.1) is 0 Å². The van der Waals surface area contributed by atoms with Gasteiger partial charge < -0.3 is 19.4 Å². The summed E-state index contributed by atoms with van der Waals surface area (Å²) in [6.07, 6.45) is 0. The number of ether oxygens (including phenoxy) is 1. The van der Waals surface area contributed by atoms with Crippen LogP contribution in [0.4, 0.5) is 0 Å². The van der Waals surface area contributed by atoms with Gasteiger partial charge >= 0.3 is 5.63 Å². The first-order chi connectivity index (χ1) is 11.4. The van der Waals surface area contributed by atoms with Gasteiger partial charge in [0.2, 0.25) is 0 Å². The van der Waals surface area contributed by atoms with E-state index in [1.54, 1.807) is 24.1 Å². The van der Waals surface area contributed by atoms with Crippen molar-refractivity contribution in [2.75, 3.05) is 20.2 Å². The van der Waals surface area contributed by atoms with Crippen LogP contribution in [-0.4, -0.2) is 32.3 Å².